The smallest absolute Gasteiger partial charge is 0.193 e. The Balaban J connectivity index is 2.35. The summed E-state index contributed by atoms with van der Waals surface area (Å²) >= 11 is 0. The molecule has 0 aliphatic heterocycles. The quantitative estimate of drug-likeness (QED) is 0.817. The summed E-state index contributed by atoms with van der Waals surface area (Å²) in [5, 5.41) is 21.8. The van der Waals surface area contributed by atoms with E-state index in [1.807, 2.05) is 30.3 Å². The molecule has 0 amide bonds. The molecule has 2 rings (SSSR count). The van der Waals surface area contributed by atoms with Gasteiger partial charge in [0.25, 0.3) is 0 Å². The van der Waals surface area contributed by atoms with Gasteiger partial charge >= 0.3 is 0 Å². The van der Waals surface area contributed by atoms with Crippen molar-refractivity contribution in [2.45, 2.75) is 58.7 Å². The van der Waals surface area contributed by atoms with Gasteiger partial charge in [-0.15, -0.1) is 0 Å². The van der Waals surface area contributed by atoms with Gasteiger partial charge in [-0.2, -0.15) is 0 Å². The molecule has 1 atom stereocenters. The lowest BCUT2D eigenvalue weighted by molar-refractivity contribution is -0.248. The molecule has 20 heavy (non-hydrogen) atoms. The van der Waals surface area contributed by atoms with Crippen molar-refractivity contribution < 1.29 is 10.2 Å². The average Bonchev–Trinajstić information content (AvgIpc) is 2.39. The third-order valence-electron chi connectivity index (χ3n) is 4.69. The van der Waals surface area contributed by atoms with E-state index in [1.54, 1.807) is 0 Å². The Morgan fingerprint density at radius 1 is 0.950 bits per heavy atom. The Morgan fingerprint density at radius 2 is 1.50 bits per heavy atom. The fourth-order valence-corrected chi connectivity index (χ4v) is 3.97. The van der Waals surface area contributed by atoms with Crippen LogP contribution in [0, 0.1) is 17.3 Å². The lowest BCUT2D eigenvalue weighted by Crippen LogP contribution is -2.47. The van der Waals surface area contributed by atoms with Crippen molar-refractivity contribution in [3.63, 3.8) is 0 Å². The molecule has 1 saturated carbocycles. The van der Waals surface area contributed by atoms with E-state index in [-0.39, 0.29) is 11.3 Å². The van der Waals surface area contributed by atoms with E-state index in [0.29, 0.717) is 11.5 Å². The predicted molar refractivity (Wildman–Crippen MR) is 82.1 cm³/mol. The van der Waals surface area contributed by atoms with Gasteiger partial charge in [0.15, 0.2) is 5.79 Å². The molecule has 1 aromatic rings. The van der Waals surface area contributed by atoms with Gasteiger partial charge in [0.05, 0.1) is 0 Å². The van der Waals surface area contributed by atoms with Gasteiger partial charge in [-0.1, -0.05) is 70.4 Å². The van der Waals surface area contributed by atoms with E-state index < -0.39 is 5.79 Å². The Kier molecular flexibility index (Phi) is 4.55. The third-order valence-corrected chi connectivity index (χ3v) is 4.69. The lowest BCUT2D eigenvalue weighted by atomic mass is 9.63. The van der Waals surface area contributed by atoms with Gasteiger partial charge in [-0.3, -0.25) is 0 Å². The standard InChI is InChI=1S/C18H28O2/c1-17(2,3)16(14-10-6-4-7-11-14)18(19,20)15-12-8-5-9-13-15/h5,8-9,12-14,16,19-20H,4,6-7,10-11H2,1-3H3. The molecular weight excluding hydrogens is 248 g/mol. The number of hydrogen-bond acceptors (Lipinski definition) is 2. The first-order valence-electron chi connectivity index (χ1n) is 7.84. The van der Waals surface area contributed by atoms with E-state index in [1.165, 1.54) is 19.3 Å². The maximum Gasteiger partial charge on any atom is 0.193 e. The van der Waals surface area contributed by atoms with Gasteiger partial charge < -0.3 is 10.2 Å². The summed E-state index contributed by atoms with van der Waals surface area (Å²) in [5.74, 6) is -1.50. The summed E-state index contributed by atoms with van der Waals surface area (Å²) in [4.78, 5) is 0. The highest BCUT2D eigenvalue weighted by molar-refractivity contribution is 5.21. The first kappa shape index (κ1) is 15.5. The molecule has 0 heterocycles. The number of benzene rings is 1. The highest BCUT2D eigenvalue weighted by Gasteiger charge is 2.47. The first-order chi connectivity index (χ1) is 9.33. The van der Waals surface area contributed by atoms with Gasteiger partial charge in [-0.25, -0.2) is 0 Å². The summed E-state index contributed by atoms with van der Waals surface area (Å²) in [5.41, 5.74) is 0.479. The van der Waals surface area contributed by atoms with Crippen LogP contribution in [0.2, 0.25) is 0 Å². The number of rotatable bonds is 3. The topological polar surface area (TPSA) is 40.5 Å². The minimum Gasteiger partial charge on any atom is -0.362 e. The summed E-state index contributed by atoms with van der Waals surface area (Å²) in [6.45, 7) is 6.36. The van der Waals surface area contributed by atoms with Crippen molar-refractivity contribution in [3.8, 4) is 0 Å². The van der Waals surface area contributed by atoms with Crippen LogP contribution in [0.15, 0.2) is 30.3 Å². The summed E-state index contributed by atoms with van der Waals surface area (Å²) < 4.78 is 0. The van der Waals surface area contributed by atoms with Crippen molar-refractivity contribution >= 4 is 0 Å². The van der Waals surface area contributed by atoms with Crippen LogP contribution in [0.1, 0.15) is 58.4 Å². The average molecular weight is 276 g/mol. The van der Waals surface area contributed by atoms with Crippen LogP contribution in [0.5, 0.6) is 0 Å². The van der Waals surface area contributed by atoms with Gasteiger partial charge in [0.1, 0.15) is 0 Å². The number of hydrogen-bond donors (Lipinski definition) is 2. The Bertz CT molecular complexity index is 411. The molecule has 1 aliphatic carbocycles. The minimum atomic E-state index is -1.75. The molecule has 1 aromatic carbocycles. The maximum atomic E-state index is 10.9. The monoisotopic (exact) mass is 276 g/mol. The van der Waals surface area contributed by atoms with Crippen LogP contribution in [0.4, 0.5) is 0 Å². The van der Waals surface area contributed by atoms with Gasteiger partial charge in [0, 0.05) is 11.5 Å². The Labute approximate surface area is 122 Å². The van der Waals surface area contributed by atoms with Gasteiger partial charge in [-0.05, 0) is 24.2 Å². The first-order valence-corrected chi connectivity index (χ1v) is 7.84. The van der Waals surface area contributed by atoms with Crippen LogP contribution < -0.4 is 0 Å². The van der Waals surface area contributed by atoms with Crippen LogP contribution in [0.25, 0.3) is 0 Å². The zero-order chi connectivity index (χ0) is 14.8. The molecule has 1 fully saturated rings. The van der Waals surface area contributed by atoms with Crippen LogP contribution in [0.3, 0.4) is 0 Å². The molecule has 2 nitrogen and oxygen atoms in total. The Hall–Kier alpha value is -0.860. The molecule has 0 saturated heterocycles. The second kappa shape index (κ2) is 5.87. The molecule has 1 aliphatic rings. The molecule has 0 aromatic heterocycles. The SMILES string of the molecule is CC(C)(C)C(C1CCCCC1)C(O)(O)c1ccccc1. The lowest BCUT2D eigenvalue weighted by Gasteiger charge is -2.46. The fourth-order valence-electron chi connectivity index (χ4n) is 3.97. The van der Waals surface area contributed by atoms with Crippen LogP contribution in [-0.4, -0.2) is 10.2 Å². The Morgan fingerprint density at radius 3 is 2.00 bits per heavy atom. The number of aliphatic hydroxyl groups is 2. The van der Waals surface area contributed by atoms with E-state index in [9.17, 15) is 10.2 Å². The molecule has 0 radical (unpaired) electrons. The minimum absolute atomic E-state index is 0.138. The van der Waals surface area contributed by atoms with Crippen LogP contribution >= 0.6 is 0 Å². The molecule has 1 unspecified atom stereocenters. The second-order valence-corrected chi connectivity index (χ2v) is 7.33. The van der Waals surface area contributed by atoms with Gasteiger partial charge in [0.2, 0.25) is 0 Å². The van der Waals surface area contributed by atoms with E-state index in [2.05, 4.69) is 20.8 Å². The molecular formula is C18H28O2. The van der Waals surface area contributed by atoms with E-state index >= 15 is 0 Å². The summed E-state index contributed by atoms with van der Waals surface area (Å²) in [7, 11) is 0. The zero-order valence-electron chi connectivity index (χ0n) is 13.0. The molecule has 112 valence electrons. The molecule has 2 heteroatoms. The van der Waals surface area contributed by atoms with Crippen molar-refractivity contribution in [2.75, 3.05) is 0 Å². The maximum absolute atomic E-state index is 10.9. The summed E-state index contributed by atoms with van der Waals surface area (Å²) in [6, 6.07) is 9.30. The van der Waals surface area contributed by atoms with Crippen LogP contribution in [-0.2, 0) is 5.79 Å². The molecule has 2 N–H and O–H groups in total. The van der Waals surface area contributed by atoms with E-state index in [0.717, 1.165) is 12.8 Å². The summed E-state index contributed by atoms with van der Waals surface area (Å²) in [6.07, 6.45) is 5.92. The predicted octanol–water partition coefficient (Wildman–Crippen LogP) is 4.07. The second-order valence-electron chi connectivity index (χ2n) is 7.33. The van der Waals surface area contributed by atoms with Crippen molar-refractivity contribution in [3.05, 3.63) is 35.9 Å². The highest BCUT2D eigenvalue weighted by Crippen LogP contribution is 2.48. The largest absolute Gasteiger partial charge is 0.362 e. The fraction of sp³-hybridized carbons (Fsp3) is 0.667. The van der Waals surface area contributed by atoms with Crippen molar-refractivity contribution in [1.29, 1.82) is 0 Å². The zero-order valence-corrected chi connectivity index (χ0v) is 13.0. The highest BCUT2D eigenvalue weighted by atomic mass is 16.5. The van der Waals surface area contributed by atoms with Crippen molar-refractivity contribution in [1.82, 2.24) is 0 Å². The third kappa shape index (κ3) is 3.24. The normalized spacial score (nSPS) is 19.9. The molecule has 0 spiro atoms. The van der Waals surface area contributed by atoms with E-state index in [4.69, 9.17) is 0 Å². The van der Waals surface area contributed by atoms with Crippen molar-refractivity contribution in [2.24, 2.45) is 17.3 Å². The molecule has 0 bridgehead atoms.